The molecule has 3 aromatic carbocycles. The fourth-order valence-corrected chi connectivity index (χ4v) is 5.37. The molecule has 5 heteroatoms. The van der Waals surface area contributed by atoms with Crippen molar-refractivity contribution in [2.24, 2.45) is 0 Å². The first-order valence-electron chi connectivity index (χ1n) is 12.8. The first-order chi connectivity index (χ1) is 18.3. The molecule has 0 bridgehead atoms. The summed E-state index contributed by atoms with van der Waals surface area (Å²) in [6, 6.07) is 32.7. The van der Waals surface area contributed by atoms with Gasteiger partial charge in [0.25, 0.3) is 0 Å². The molecule has 1 N–H and O–H groups in total. The molecule has 1 aliphatic rings. The summed E-state index contributed by atoms with van der Waals surface area (Å²) in [4.78, 5) is 14.1. The van der Waals surface area contributed by atoms with E-state index in [1.165, 1.54) is 0 Å². The highest BCUT2D eigenvalue weighted by Crippen LogP contribution is 2.51. The van der Waals surface area contributed by atoms with E-state index in [1.807, 2.05) is 50.6 Å². The smallest absolute Gasteiger partial charge is 0.139 e. The fraction of sp³-hybridized carbons (Fsp3) is 0.152. The molecule has 0 amide bonds. The largest absolute Gasteiger partial charge is 0.507 e. The van der Waals surface area contributed by atoms with E-state index in [0.717, 1.165) is 56.5 Å². The number of para-hydroxylation sites is 1. The second-order valence-corrected chi connectivity index (χ2v) is 10.4. The number of aromatic hydroxyl groups is 1. The van der Waals surface area contributed by atoms with Gasteiger partial charge < -0.3 is 10.0 Å². The molecule has 188 valence electrons. The zero-order valence-corrected chi connectivity index (χ0v) is 22.1. The number of fused-ring (bicyclic) bond motifs is 3. The summed E-state index contributed by atoms with van der Waals surface area (Å²) in [6.45, 7) is 4.37. The standard InChI is InChI=1S/C33H30N4O/c1-33(2)26-14-9-15-29(38)31(26)32-27(33)16-17-28(35-32)22-10-8-13-25(20-22)37(23-11-6-5-7-12-23)30-21-24(36(3)4)18-19-34-30/h5-21,38H,1-4H3. The Hall–Kier alpha value is -4.64. The maximum atomic E-state index is 10.7. The van der Waals surface area contributed by atoms with Gasteiger partial charge in [-0.05, 0) is 53.6 Å². The Bertz CT molecular complexity index is 1640. The van der Waals surface area contributed by atoms with Gasteiger partial charge in [-0.15, -0.1) is 0 Å². The van der Waals surface area contributed by atoms with Crippen molar-refractivity contribution in [3.63, 3.8) is 0 Å². The molecule has 5 nitrogen and oxygen atoms in total. The first-order valence-corrected chi connectivity index (χ1v) is 12.8. The highest BCUT2D eigenvalue weighted by atomic mass is 16.3. The van der Waals surface area contributed by atoms with Crippen molar-refractivity contribution in [2.45, 2.75) is 19.3 Å². The Morgan fingerprint density at radius 1 is 0.711 bits per heavy atom. The van der Waals surface area contributed by atoms with Crippen LogP contribution in [0.2, 0.25) is 0 Å². The van der Waals surface area contributed by atoms with Crippen molar-refractivity contribution in [1.82, 2.24) is 9.97 Å². The molecule has 6 rings (SSSR count). The van der Waals surface area contributed by atoms with Crippen molar-refractivity contribution >= 4 is 22.9 Å². The molecule has 0 aliphatic heterocycles. The van der Waals surface area contributed by atoms with Crippen LogP contribution < -0.4 is 9.80 Å². The number of rotatable bonds is 5. The molecule has 0 saturated heterocycles. The van der Waals surface area contributed by atoms with Gasteiger partial charge in [0.1, 0.15) is 11.6 Å². The van der Waals surface area contributed by atoms with E-state index in [4.69, 9.17) is 9.97 Å². The van der Waals surface area contributed by atoms with Gasteiger partial charge in [0, 0.05) is 60.0 Å². The monoisotopic (exact) mass is 498 g/mol. The Kier molecular flexibility index (Phi) is 5.64. The Balaban J connectivity index is 1.48. The van der Waals surface area contributed by atoms with Crippen LogP contribution in [-0.2, 0) is 5.41 Å². The van der Waals surface area contributed by atoms with Gasteiger partial charge in [-0.25, -0.2) is 9.97 Å². The van der Waals surface area contributed by atoms with Crippen LogP contribution in [0.25, 0.3) is 22.5 Å². The number of aromatic nitrogens is 2. The molecule has 5 aromatic rings. The highest BCUT2D eigenvalue weighted by Gasteiger charge is 2.38. The summed E-state index contributed by atoms with van der Waals surface area (Å²) in [5.74, 6) is 1.11. The van der Waals surface area contributed by atoms with E-state index in [2.05, 4.69) is 84.3 Å². The molecule has 1 aliphatic carbocycles. The van der Waals surface area contributed by atoms with Gasteiger partial charge >= 0.3 is 0 Å². The molecule has 0 saturated carbocycles. The van der Waals surface area contributed by atoms with Gasteiger partial charge in [-0.2, -0.15) is 0 Å². The van der Waals surface area contributed by atoms with E-state index in [1.54, 1.807) is 6.07 Å². The summed E-state index contributed by atoms with van der Waals surface area (Å²) in [6.07, 6.45) is 1.85. The van der Waals surface area contributed by atoms with Gasteiger partial charge in [0.15, 0.2) is 0 Å². The lowest BCUT2D eigenvalue weighted by molar-refractivity contribution is 0.476. The Labute approximate surface area is 223 Å². The number of phenols is 1. The quantitative estimate of drug-likeness (QED) is 0.269. The molecular weight excluding hydrogens is 468 g/mol. The third kappa shape index (κ3) is 3.88. The zero-order valence-electron chi connectivity index (χ0n) is 22.1. The highest BCUT2D eigenvalue weighted by molar-refractivity contribution is 5.84. The van der Waals surface area contributed by atoms with E-state index < -0.39 is 0 Å². The first kappa shape index (κ1) is 23.7. The van der Waals surface area contributed by atoms with Crippen LogP contribution in [0.5, 0.6) is 5.75 Å². The van der Waals surface area contributed by atoms with Crippen LogP contribution in [0.4, 0.5) is 22.9 Å². The molecular formula is C33H30N4O. The number of hydrogen-bond acceptors (Lipinski definition) is 5. The lowest BCUT2D eigenvalue weighted by Gasteiger charge is -2.26. The van der Waals surface area contributed by atoms with E-state index in [9.17, 15) is 5.11 Å². The number of hydrogen-bond donors (Lipinski definition) is 1. The minimum absolute atomic E-state index is 0.218. The van der Waals surface area contributed by atoms with Crippen LogP contribution in [0, 0.1) is 0 Å². The number of anilines is 4. The molecule has 38 heavy (non-hydrogen) atoms. The molecule has 0 atom stereocenters. The second-order valence-electron chi connectivity index (χ2n) is 10.4. The fourth-order valence-electron chi connectivity index (χ4n) is 5.37. The minimum atomic E-state index is -0.218. The lowest BCUT2D eigenvalue weighted by Crippen LogP contribution is -2.15. The molecule has 0 fully saturated rings. The maximum Gasteiger partial charge on any atom is 0.139 e. The third-order valence-electron chi connectivity index (χ3n) is 7.41. The number of benzene rings is 3. The Morgan fingerprint density at radius 2 is 1.47 bits per heavy atom. The van der Waals surface area contributed by atoms with E-state index >= 15 is 0 Å². The lowest BCUT2D eigenvalue weighted by atomic mass is 9.83. The van der Waals surface area contributed by atoms with Crippen LogP contribution >= 0.6 is 0 Å². The summed E-state index contributed by atoms with van der Waals surface area (Å²) in [7, 11) is 4.06. The molecule has 2 aromatic heterocycles. The molecule has 2 heterocycles. The Morgan fingerprint density at radius 3 is 2.26 bits per heavy atom. The summed E-state index contributed by atoms with van der Waals surface area (Å²) >= 11 is 0. The summed E-state index contributed by atoms with van der Waals surface area (Å²) < 4.78 is 0. The van der Waals surface area contributed by atoms with Crippen molar-refractivity contribution in [3.05, 3.63) is 114 Å². The van der Waals surface area contributed by atoms with E-state index in [-0.39, 0.29) is 11.2 Å². The van der Waals surface area contributed by atoms with Crippen molar-refractivity contribution in [1.29, 1.82) is 0 Å². The van der Waals surface area contributed by atoms with Crippen LogP contribution in [0.15, 0.2) is 103 Å². The van der Waals surface area contributed by atoms with Crippen LogP contribution in [-0.4, -0.2) is 29.2 Å². The summed E-state index contributed by atoms with van der Waals surface area (Å²) in [5.41, 5.74) is 8.65. The average Bonchev–Trinajstić information content (AvgIpc) is 3.17. The predicted molar refractivity (Wildman–Crippen MR) is 156 cm³/mol. The van der Waals surface area contributed by atoms with Crippen molar-refractivity contribution < 1.29 is 5.11 Å². The van der Waals surface area contributed by atoms with Gasteiger partial charge in [0.2, 0.25) is 0 Å². The van der Waals surface area contributed by atoms with Gasteiger partial charge in [-0.1, -0.05) is 62.4 Å². The minimum Gasteiger partial charge on any atom is -0.507 e. The SMILES string of the molecule is CN(C)c1ccnc(N(c2ccccc2)c2cccc(-c3ccc4c(n3)-c3c(O)cccc3C4(C)C)c2)c1. The number of pyridine rings is 2. The van der Waals surface area contributed by atoms with Crippen molar-refractivity contribution in [2.75, 3.05) is 23.9 Å². The molecule has 0 spiro atoms. The maximum absolute atomic E-state index is 10.7. The molecule has 0 unspecified atom stereocenters. The number of nitrogens with zero attached hydrogens (tertiary/aromatic N) is 4. The van der Waals surface area contributed by atoms with Crippen LogP contribution in [0.1, 0.15) is 25.0 Å². The van der Waals surface area contributed by atoms with Crippen molar-refractivity contribution in [3.8, 4) is 28.3 Å². The van der Waals surface area contributed by atoms with Gasteiger partial charge in [0.05, 0.1) is 11.4 Å². The zero-order chi connectivity index (χ0) is 26.4. The average molecular weight is 499 g/mol. The second kappa shape index (κ2) is 9.03. The summed E-state index contributed by atoms with van der Waals surface area (Å²) in [5, 5.41) is 10.7. The van der Waals surface area contributed by atoms with Crippen LogP contribution in [0.3, 0.4) is 0 Å². The molecule has 0 radical (unpaired) electrons. The number of phenolic OH excluding ortho intramolecular Hbond substituents is 1. The third-order valence-corrected chi connectivity index (χ3v) is 7.41. The predicted octanol–water partition coefficient (Wildman–Crippen LogP) is 7.69. The van der Waals surface area contributed by atoms with E-state index in [0.29, 0.717) is 0 Å². The normalized spacial score (nSPS) is 13.1. The topological polar surface area (TPSA) is 52.5 Å². The van der Waals surface area contributed by atoms with Gasteiger partial charge in [-0.3, -0.25) is 4.90 Å².